The first-order valence-electron chi connectivity index (χ1n) is 12.6. The summed E-state index contributed by atoms with van der Waals surface area (Å²) in [5.41, 5.74) is -1.57. The van der Waals surface area contributed by atoms with Crippen molar-refractivity contribution in [2.75, 3.05) is 12.0 Å². The van der Waals surface area contributed by atoms with Crippen molar-refractivity contribution in [2.45, 2.75) is 6.10 Å². The van der Waals surface area contributed by atoms with E-state index in [0.717, 1.165) is 30.3 Å². The summed E-state index contributed by atoms with van der Waals surface area (Å²) in [4.78, 5) is 75.1. The second kappa shape index (κ2) is 11.7. The lowest BCUT2D eigenvalue weighted by Crippen LogP contribution is -2.30. The lowest BCUT2D eigenvalue weighted by molar-refractivity contribution is -0.385. The van der Waals surface area contributed by atoms with E-state index < -0.39 is 50.8 Å². The van der Waals surface area contributed by atoms with Crippen LogP contribution in [-0.2, 0) is 4.74 Å². The van der Waals surface area contributed by atoms with E-state index in [1.54, 1.807) is 18.2 Å². The van der Waals surface area contributed by atoms with E-state index in [1.165, 1.54) is 43.5 Å². The Kier molecular flexibility index (Phi) is 7.88. The van der Waals surface area contributed by atoms with Crippen LogP contribution in [0, 0.1) is 20.2 Å². The van der Waals surface area contributed by atoms with Gasteiger partial charge in [0.25, 0.3) is 23.2 Å². The third-order valence-electron chi connectivity index (χ3n) is 6.75. The average Bonchev–Trinajstić information content (AvgIpc) is 3.28. The molecule has 2 amide bonds. The van der Waals surface area contributed by atoms with Gasteiger partial charge >= 0.3 is 5.97 Å². The zero-order valence-electron chi connectivity index (χ0n) is 22.5. The fraction of sp³-hybridized carbons (Fsp3) is 0.0667. The molecule has 220 valence electrons. The van der Waals surface area contributed by atoms with Crippen LogP contribution in [0.5, 0.6) is 5.75 Å². The van der Waals surface area contributed by atoms with Gasteiger partial charge in [0.15, 0.2) is 6.10 Å². The van der Waals surface area contributed by atoms with Gasteiger partial charge in [-0.15, -0.1) is 0 Å². The molecule has 1 aliphatic rings. The van der Waals surface area contributed by atoms with E-state index in [4.69, 9.17) is 21.1 Å². The molecule has 0 spiro atoms. The van der Waals surface area contributed by atoms with Crippen molar-refractivity contribution in [3.63, 3.8) is 0 Å². The van der Waals surface area contributed by atoms with Crippen molar-refractivity contribution in [2.24, 2.45) is 0 Å². The Hall–Kier alpha value is -5.95. The number of esters is 1. The Balaban J connectivity index is 1.51. The van der Waals surface area contributed by atoms with Gasteiger partial charge in [-0.1, -0.05) is 48.0 Å². The zero-order valence-corrected chi connectivity index (χ0v) is 23.2. The van der Waals surface area contributed by atoms with Crippen LogP contribution in [0.25, 0.3) is 0 Å². The molecule has 0 saturated heterocycles. The monoisotopic (exact) mass is 615 g/mol. The Bertz CT molecular complexity index is 1880. The maximum atomic E-state index is 13.5. The van der Waals surface area contributed by atoms with Crippen LogP contribution in [0.1, 0.15) is 53.1 Å². The third kappa shape index (κ3) is 5.23. The molecule has 0 saturated carbocycles. The Labute approximate surface area is 252 Å². The van der Waals surface area contributed by atoms with E-state index in [0.29, 0.717) is 4.90 Å². The molecular weight excluding hydrogens is 598 g/mol. The van der Waals surface area contributed by atoms with Gasteiger partial charge in [0.2, 0.25) is 5.78 Å². The first kappa shape index (κ1) is 29.5. The predicted octanol–water partition coefficient (Wildman–Crippen LogP) is 5.75. The number of halogens is 1. The van der Waals surface area contributed by atoms with Crippen molar-refractivity contribution >= 4 is 52.2 Å². The summed E-state index contributed by atoms with van der Waals surface area (Å²) < 4.78 is 10.9. The molecule has 4 aromatic carbocycles. The first-order valence-corrected chi connectivity index (χ1v) is 13.0. The van der Waals surface area contributed by atoms with Gasteiger partial charge in [-0.2, -0.15) is 0 Å². The van der Waals surface area contributed by atoms with Gasteiger partial charge in [0.05, 0.1) is 33.2 Å². The lowest BCUT2D eigenvalue weighted by atomic mass is 9.99. The maximum absolute atomic E-state index is 13.5. The molecule has 0 fully saturated rings. The van der Waals surface area contributed by atoms with E-state index in [9.17, 15) is 39.4 Å². The van der Waals surface area contributed by atoms with Crippen LogP contribution >= 0.6 is 11.6 Å². The van der Waals surface area contributed by atoms with E-state index in [-0.39, 0.29) is 44.4 Å². The van der Waals surface area contributed by atoms with Gasteiger partial charge in [-0.3, -0.25) is 34.6 Å². The number of nitro benzene ring substituents is 2. The van der Waals surface area contributed by atoms with Crippen molar-refractivity contribution in [1.29, 1.82) is 0 Å². The minimum absolute atomic E-state index is 0.145. The normalized spacial score (nSPS) is 12.8. The number of carbonyl (C=O) groups excluding carboxylic acids is 4. The minimum Gasteiger partial charge on any atom is -0.496 e. The molecule has 0 N–H and O–H groups in total. The third-order valence-corrected chi connectivity index (χ3v) is 7.05. The summed E-state index contributed by atoms with van der Waals surface area (Å²) >= 11 is 6.44. The van der Waals surface area contributed by atoms with Gasteiger partial charge in [0, 0.05) is 35.4 Å². The molecule has 5 rings (SSSR count). The molecule has 0 aliphatic carbocycles. The number of nitrogens with zero attached hydrogens (tertiary/aromatic N) is 3. The van der Waals surface area contributed by atoms with Crippen LogP contribution in [0.2, 0.25) is 5.02 Å². The molecule has 4 aromatic rings. The highest BCUT2D eigenvalue weighted by atomic mass is 35.5. The number of imide groups is 1. The average molecular weight is 616 g/mol. The first-order chi connectivity index (χ1) is 21.0. The van der Waals surface area contributed by atoms with Crippen LogP contribution in [0.15, 0.2) is 84.9 Å². The second-order valence-electron chi connectivity index (χ2n) is 9.27. The number of amides is 2. The standard InChI is InChI=1S/C30H18ClN3O10/c1-43-24-15-23(32-28(36)19-8-5-9-22(34(41)42)25(19)29(32)37)21(31)14-20(24)30(38)44-27(26(35)16-6-3-2-4-7-16)17-10-12-18(13-11-17)33(39)40/h2-15,27H,1H3/t27-/m1/s1. The second-order valence-corrected chi connectivity index (χ2v) is 9.68. The molecule has 44 heavy (non-hydrogen) atoms. The number of Topliss-reactive ketones (excluding diaryl/α,β-unsaturated/α-hetero) is 1. The minimum atomic E-state index is -1.54. The molecule has 13 nitrogen and oxygen atoms in total. The number of anilines is 1. The summed E-state index contributed by atoms with van der Waals surface area (Å²) in [5, 5.41) is 22.3. The topological polar surface area (TPSA) is 176 Å². The zero-order chi connectivity index (χ0) is 31.7. The van der Waals surface area contributed by atoms with Crippen molar-refractivity contribution in [3.05, 3.63) is 138 Å². The molecule has 0 bridgehead atoms. The fourth-order valence-corrected chi connectivity index (χ4v) is 4.90. The summed E-state index contributed by atoms with van der Waals surface area (Å²) in [5.74, 6) is -3.78. The largest absolute Gasteiger partial charge is 0.496 e. The molecule has 0 aromatic heterocycles. The Morgan fingerprint density at radius 1 is 0.864 bits per heavy atom. The number of hydrogen-bond acceptors (Lipinski definition) is 10. The molecule has 1 atom stereocenters. The quantitative estimate of drug-likeness (QED) is 0.0740. The molecular formula is C30H18ClN3O10. The maximum Gasteiger partial charge on any atom is 0.343 e. The highest BCUT2D eigenvalue weighted by Gasteiger charge is 2.43. The Morgan fingerprint density at radius 3 is 2.16 bits per heavy atom. The number of non-ortho nitro benzene ring substituents is 1. The number of hydrogen-bond donors (Lipinski definition) is 0. The predicted molar refractivity (Wildman–Crippen MR) is 154 cm³/mol. The van der Waals surface area contributed by atoms with Crippen molar-refractivity contribution < 1.29 is 38.5 Å². The van der Waals surface area contributed by atoms with E-state index >= 15 is 0 Å². The molecule has 0 unspecified atom stereocenters. The van der Waals surface area contributed by atoms with Crippen LogP contribution in [0.3, 0.4) is 0 Å². The molecule has 0 radical (unpaired) electrons. The summed E-state index contributed by atoms with van der Waals surface area (Å²) in [6.45, 7) is 0. The fourth-order valence-electron chi connectivity index (χ4n) is 4.65. The smallest absolute Gasteiger partial charge is 0.343 e. The number of nitro groups is 2. The van der Waals surface area contributed by atoms with Crippen LogP contribution in [-0.4, -0.2) is 40.5 Å². The number of methoxy groups -OCH3 is 1. The SMILES string of the molecule is COc1cc(N2C(=O)c3cccc([N+](=O)[O-])c3C2=O)c(Cl)cc1C(=O)O[C@@H](C(=O)c1ccccc1)c1ccc([N+](=O)[O-])cc1. The molecule has 1 heterocycles. The van der Waals surface area contributed by atoms with Crippen LogP contribution < -0.4 is 9.64 Å². The molecule has 14 heteroatoms. The number of rotatable bonds is 9. The van der Waals surface area contributed by atoms with E-state index in [2.05, 4.69) is 0 Å². The van der Waals surface area contributed by atoms with Crippen molar-refractivity contribution in [3.8, 4) is 5.75 Å². The van der Waals surface area contributed by atoms with Gasteiger partial charge < -0.3 is 9.47 Å². The van der Waals surface area contributed by atoms with Gasteiger partial charge in [0.1, 0.15) is 16.9 Å². The van der Waals surface area contributed by atoms with Gasteiger partial charge in [-0.25, -0.2) is 9.69 Å². The lowest BCUT2D eigenvalue weighted by Gasteiger charge is -2.20. The van der Waals surface area contributed by atoms with Crippen LogP contribution in [0.4, 0.5) is 17.1 Å². The number of ether oxygens (including phenoxy) is 2. The highest BCUT2D eigenvalue weighted by Crippen LogP contribution is 2.40. The summed E-state index contributed by atoms with van der Waals surface area (Å²) in [6.07, 6.45) is -1.54. The number of benzene rings is 4. The summed E-state index contributed by atoms with van der Waals surface area (Å²) in [6, 6.07) is 18.6. The highest BCUT2D eigenvalue weighted by molar-refractivity contribution is 6.40. The number of carbonyl (C=O) groups is 4. The molecule has 1 aliphatic heterocycles. The summed E-state index contributed by atoms with van der Waals surface area (Å²) in [7, 11) is 1.19. The van der Waals surface area contributed by atoms with Gasteiger partial charge in [-0.05, 0) is 24.3 Å². The Morgan fingerprint density at radius 2 is 1.55 bits per heavy atom. The number of ketones is 1. The van der Waals surface area contributed by atoms with E-state index in [1.807, 2.05) is 0 Å². The number of fused-ring (bicyclic) bond motifs is 1. The van der Waals surface area contributed by atoms with Crippen molar-refractivity contribution in [1.82, 2.24) is 0 Å².